The lowest BCUT2D eigenvalue weighted by Crippen LogP contribution is -2.48. The first-order valence-electron chi connectivity index (χ1n) is 10.3. The number of aromatic nitrogens is 2. The molecule has 0 spiro atoms. The van der Waals surface area contributed by atoms with Crippen molar-refractivity contribution in [2.45, 2.75) is 52.0 Å². The van der Waals surface area contributed by atoms with Crippen LogP contribution in [0.2, 0.25) is 0 Å². The van der Waals surface area contributed by atoms with Gasteiger partial charge in [-0.2, -0.15) is 4.98 Å². The second-order valence-corrected chi connectivity index (χ2v) is 7.45. The van der Waals surface area contributed by atoms with Crippen molar-refractivity contribution in [2.24, 2.45) is 4.99 Å². The molecule has 1 aromatic carbocycles. The van der Waals surface area contributed by atoms with Gasteiger partial charge in [-0.1, -0.05) is 37.2 Å². The van der Waals surface area contributed by atoms with Gasteiger partial charge in [0.2, 0.25) is 5.89 Å². The SMILES string of the molecule is CCNC(=NCCc1nc(C(C)C)no1)NC1CCN(c2ccccc2)CC1.I. The van der Waals surface area contributed by atoms with Crippen LogP contribution in [-0.2, 0) is 6.42 Å². The van der Waals surface area contributed by atoms with E-state index in [1.165, 1.54) is 5.69 Å². The molecule has 1 aliphatic rings. The Labute approximate surface area is 190 Å². The minimum atomic E-state index is 0. The summed E-state index contributed by atoms with van der Waals surface area (Å²) in [7, 11) is 0. The number of rotatable bonds is 7. The molecule has 1 aromatic heterocycles. The number of hydrogen-bond donors (Lipinski definition) is 2. The Kier molecular flexibility index (Phi) is 9.69. The molecule has 160 valence electrons. The number of anilines is 1. The van der Waals surface area contributed by atoms with Crippen molar-refractivity contribution >= 4 is 35.6 Å². The van der Waals surface area contributed by atoms with E-state index in [2.05, 4.69) is 81.8 Å². The van der Waals surface area contributed by atoms with E-state index < -0.39 is 0 Å². The molecule has 2 aromatic rings. The molecule has 3 rings (SSSR count). The summed E-state index contributed by atoms with van der Waals surface area (Å²) in [6, 6.07) is 11.1. The zero-order valence-electron chi connectivity index (χ0n) is 17.6. The second kappa shape index (κ2) is 12.0. The molecule has 1 saturated heterocycles. The molecule has 0 bridgehead atoms. The monoisotopic (exact) mass is 512 g/mol. The second-order valence-electron chi connectivity index (χ2n) is 7.45. The zero-order valence-corrected chi connectivity index (χ0v) is 19.9. The molecule has 0 unspecified atom stereocenters. The molecular weight excluding hydrogens is 479 g/mol. The number of nitrogens with one attached hydrogen (secondary N) is 2. The van der Waals surface area contributed by atoms with E-state index in [1.54, 1.807) is 0 Å². The van der Waals surface area contributed by atoms with E-state index in [-0.39, 0.29) is 29.9 Å². The van der Waals surface area contributed by atoms with E-state index >= 15 is 0 Å². The van der Waals surface area contributed by atoms with Gasteiger partial charge in [0.1, 0.15) is 0 Å². The van der Waals surface area contributed by atoms with Crippen molar-refractivity contribution in [3.05, 3.63) is 42.0 Å². The molecule has 2 heterocycles. The molecule has 29 heavy (non-hydrogen) atoms. The predicted octanol–water partition coefficient (Wildman–Crippen LogP) is 3.58. The van der Waals surface area contributed by atoms with Crippen LogP contribution in [0.3, 0.4) is 0 Å². The Bertz CT molecular complexity index is 741. The van der Waals surface area contributed by atoms with Crippen LogP contribution in [0, 0.1) is 0 Å². The Morgan fingerprint density at radius 1 is 1.24 bits per heavy atom. The maximum Gasteiger partial charge on any atom is 0.228 e. The van der Waals surface area contributed by atoms with Gasteiger partial charge in [0.15, 0.2) is 11.8 Å². The Morgan fingerprint density at radius 3 is 2.59 bits per heavy atom. The van der Waals surface area contributed by atoms with E-state index in [0.717, 1.165) is 44.3 Å². The average Bonchev–Trinajstić information content (AvgIpc) is 3.19. The smallest absolute Gasteiger partial charge is 0.228 e. The lowest BCUT2D eigenvalue weighted by Gasteiger charge is -2.34. The summed E-state index contributed by atoms with van der Waals surface area (Å²) >= 11 is 0. The summed E-state index contributed by atoms with van der Waals surface area (Å²) in [5.74, 6) is 2.56. The quantitative estimate of drug-likeness (QED) is 0.336. The lowest BCUT2D eigenvalue weighted by molar-refractivity contribution is 0.372. The Morgan fingerprint density at radius 2 is 1.97 bits per heavy atom. The molecule has 0 aliphatic carbocycles. The molecule has 7 nitrogen and oxygen atoms in total. The molecule has 8 heteroatoms. The number of aliphatic imine (C=N–C) groups is 1. The molecule has 0 radical (unpaired) electrons. The summed E-state index contributed by atoms with van der Waals surface area (Å²) in [6.07, 6.45) is 2.85. The highest BCUT2D eigenvalue weighted by molar-refractivity contribution is 14.0. The van der Waals surface area contributed by atoms with Crippen LogP contribution in [0.4, 0.5) is 5.69 Å². The molecule has 0 saturated carbocycles. The molecule has 1 fully saturated rings. The number of benzene rings is 1. The predicted molar refractivity (Wildman–Crippen MR) is 128 cm³/mol. The number of piperidine rings is 1. The van der Waals surface area contributed by atoms with Crippen molar-refractivity contribution in [2.75, 3.05) is 31.1 Å². The third-order valence-corrected chi connectivity index (χ3v) is 4.90. The summed E-state index contributed by atoms with van der Waals surface area (Å²) in [6.45, 7) is 9.78. The van der Waals surface area contributed by atoms with E-state index in [1.807, 2.05) is 0 Å². The average molecular weight is 512 g/mol. The summed E-state index contributed by atoms with van der Waals surface area (Å²) in [4.78, 5) is 11.5. The topological polar surface area (TPSA) is 78.6 Å². The van der Waals surface area contributed by atoms with Crippen LogP contribution in [0.1, 0.15) is 51.2 Å². The fraction of sp³-hybridized carbons (Fsp3) is 0.571. The summed E-state index contributed by atoms with van der Waals surface area (Å²) in [5, 5.41) is 10.9. The highest BCUT2D eigenvalue weighted by Crippen LogP contribution is 2.19. The highest BCUT2D eigenvalue weighted by atomic mass is 127. The third-order valence-electron chi connectivity index (χ3n) is 4.90. The molecule has 0 atom stereocenters. The minimum Gasteiger partial charge on any atom is -0.371 e. The van der Waals surface area contributed by atoms with Gasteiger partial charge < -0.3 is 20.1 Å². The van der Waals surface area contributed by atoms with Crippen molar-refractivity contribution in [3.63, 3.8) is 0 Å². The van der Waals surface area contributed by atoms with Crippen molar-refractivity contribution < 1.29 is 4.52 Å². The van der Waals surface area contributed by atoms with Crippen molar-refractivity contribution in [1.29, 1.82) is 0 Å². The number of halogens is 1. The number of nitrogens with zero attached hydrogens (tertiary/aromatic N) is 4. The zero-order chi connectivity index (χ0) is 19.8. The molecule has 0 amide bonds. The van der Waals surface area contributed by atoms with Crippen molar-refractivity contribution in [3.8, 4) is 0 Å². The molecule has 1 aliphatic heterocycles. The van der Waals surface area contributed by atoms with Crippen molar-refractivity contribution in [1.82, 2.24) is 20.8 Å². The van der Waals surface area contributed by atoms with E-state index in [9.17, 15) is 0 Å². The van der Waals surface area contributed by atoms with Gasteiger partial charge in [-0.15, -0.1) is 24.0 Å². The van der Waals surface area contributed by atoms with Gasteiger partial charge in [-0.3, -0.25) is 4.99 Å². The molecular formula is C21H33IN6O. The number of hydrogen-bond acceptors (Lipinski definition) is 5. The summed E-state index contributed by atoms with van der Waals surface area (Å²) in [5.41, 5.74) is 1.31. The standard InChI is InChI=1S/C21H32N6O.HI/c1-4-22-21(23-13-10-19-25-20(16(2)3)26-28-19)24-17-11-14-27(15-12-17)18-8-6-5-7-9-18;/h5-9,16-17H,4,10-15H2,1-3H3,(H2,22,23,24);1H. The maximum atomic E-state index is 5.29. The van der Waals surface area contributed by atoms with Gasteiger partial charge in [0.05, 0.1) is 6.54 Å². The Balaban J connectivity index is 0.00000300. The van der Waals surface area contributed by atoms with E-state index in [0.29, 0.717) is 24.9 Å². The van der Waals surface area contributed by atoms with Crippen LogP contribution in [0.5, 0.6) is 0 Å². The first-order valence-corrected chi connectivity index (χ1v) is 10.3. The van der Waals surface area contributed by atoms with Gasteiger partial charge >= 0.3 is 0 Å². The Hall–Kier alpha value is -1.84. The normalized spacial score (nSPS) is 15.3. The highest BCUT2D eigenvalue weighted by Gasteiger charge is 2.20. The molecule has 2 N–H and O–H groups in total. The van der Waals surface area contributed by atoms with Gasteiger partial charge in [-0.25, -0.2) is 0 Å². The lowest BCUT2D eigenvalue weighted by atomic mass is 10.0. The largest absolute Gasteiger partial charge is 0.371 e. The minimum absolute atomic E-state index is 0. The number of para-hydroxylation sites is 1. The first-order chi connectivity index (χ1) is 13.7. The van der Waals surface area contributed by atoms with Crippen LogP contribution in [0.25, 0.3) is 0 Å². The van der Waals surface area contributed by atoms with Crippen LogP contribution < -0.4 is 15.5 Å². The van der Waals surface area contributed by atoms with Crippen LogP contribution >= 0.6 is 24.0 Å². The van der Waals surface area contributed by atoms with Gasteiger partial charge in [0.25, 0.3) is 0 Å². The summed E-state index contributed by atoms with van der Waals surface area (Å²) < 4.78 is 5.29. The van der Waals surface area contributed by atoms with Crippen LogP contribution in [-0.4, -0.2) is 48.3 Å². The first kappa shape index (κ1) is 23.4. The van der Waals surface area contributed by atoms with Gasteiger partial charge in [-0.05, 0) is 31.9 Å². The fourth-order valence-corrected chi connectivity index (χ4v) is 3.30. The van der Waals surface area contributed by atoms with Gasteiger partial charge in [0, 0.05) is 43.7 Å². The number of guanidine groups is 1. The third kappa shape index (κ3) is 7.17. The fourth-order valence-electron chi connectivity index (χ4n) is 3.30. The van der Waals surface area contributed by atoms with Crippen LogP contribution in [0.15, 0.2) is 39.8 Å². The maximum absolute atomic E-state index is 5.29. The van der Waals surface area contributed by atoms with E-state index in [4.69, 9.17) is 4.52 Å².